The van der Waals surface area contributed by atoms with Gasteiger partial charge < -0.3 is 14.8 Å². The fraction of sp³-hybridized carbons (Fsp3) is 0.200. The van der Waals surface area contributed by atoms with Gasteiger partial charge in [0.05, 0.1) is 13.3 Å². The van der Waals surface area contributed by atoms with Crippen molar-refractivity contribution in [3.63, 3.8) is 0 Å². The van der Waals surface area contributed by atoms with E-state index in [1.165, 1.54) is 0 Å². The first-order valence-electron chi connectivity index (χ1n) is 8.42. The van der Waals surface area contributed by atoms with Gasteiger partial charge in [0.2, 0.25) is 5.91 Å². The summed E-state index contributed by atoms with van der Waals surface area (Å²) in [4.78, 5) is 12.0. The predicted molar refractivity (Wildman–Crippen MR) is 97.4 cm³/mol. The number of hydrogen-bond acceptors (Lipinski definition) is 4. The highest BCUT2D eigenvalue weighted by molar-refractivity contribution is 5.94. The molecule has 1 amide bonds. The Hall–Kier alpha value is -3.28. The SMILES string of the molecule is COc1ccc([C@H]2CC(=O)Nc3[nH]ncc32)cc1OCc1ccccc1. The van der Waals surface area contributed by atoms with Gasteiger partial charge in [-0.15, -0.1) is 0 Å². The molecule has 0 unspecified atom stereocenters. The van der Waals surface area contributed by atoms with E-state index in [2.05, 4.69) is 15.5 Å². The summed E-state index contributed by atoms with van der Waals surface area (Å²) >= 11 is 0. The summed E-state index contributed by atoms with van der Waals surface area (Å²) in [6.45, 7) is 0.447. The van der Waals surface area contributed by atoms with Crippen molar-refractivity contribution in [2.24, 2.45) is 0 Å². The van der Waals surface area contributed by atoms with Gasteiger partial charge in [0.15, 0.2) is 11.5 Å². The first kappa shape index (κ1) is 16.2. The van der Waals surface area contributed by atoms with E-state index < -0.39 is 0 Å². The van der Waals surface area contributed by atoms with E-state index in [-0.39, 0.29) is 11.8 Å². The smallest absolute Gasteiger partial charge is 0.226 e. The molecule has 0 saturated heterocycles. The second-order valence-corrected chi connectivity index (χ2v) is 6.19. The number of rotatable bonds is 5. The molecule has 0 fully saturated rings. The van der Waals surface area contributed by atoms with Crippen molar-refractivity contribution in [3.05, 3.63) is 71.4 Å². The van der Waals surface area contributed by atoms with Crippen LogP contribution in [0.2, 0.25) is 0 Å². The molecule has 1 aromatic heterocycles. The van der Waals surface area contributed by atoms with Gasteiger partial charge in [0.25, 0.3) is 0 Å². The van der Waals surface area contributed by atoms with Crippen LogP contribution in [0.15, 0.2) is 54.7 Å². The minimum atomic E-state index is -0.0671. The van der Waals surface area contributed by atoms with Gasteiger partial charge >= 0.3 is 0 Å². The summed E-state index contributed by atoms with van der Waals surface area (Å²) in [7, 11) is 1.62. The Morgan fingerprint density at radius 2 is 2.00 bits per heavy atom. The second kappa shape index (κ2) is 6.92. The summed E-state index contributed by atoms with van der Waals surface area (Å²) in [5.74, 6) is 1.88. The molecule has 2 heterocycles. The number of hydrogen-bond donors (Lipinski definition) is 2. The fourth-order valence-corrected chi connectivity index (χ4v) is 3.20. The number of carbonyl (C=O) groups excluding carboxylic acids is 1. The number of H-pyrrole nitrogens is 1. The van der Waals surface area contributed by atoms with Gasteiger partial charge in [-0.1, -0.05) is 36.4 Å². The summed E-state index contributed by atoms with van der Waals surface area (Å²) < 4.78 is 11.4. The van der Waals surface area contributed by atoms with Crippen LogP contribution in [-0.4, -0.2) is 23.2 Å². The molecule has 6 heteroatoms. The lowest BCUT2D eigenvalue weighted by atomic mass is 9.87. The number of carbonyl (C=O) groups is 1. The number of aromatic amines is 1. The Balaban J connectivity index is 1.63. The highest BCUT2D eigenvalue weighted by atomic mass is 16.5. The number of ether oxygens (including phenoxy) is 2. The van der Waals surface area contributed by atoms with Crippen LogP contribution in [0.4, 0.5) is 5.82 Å². The summed E-state index contributed by atoms with van der Waals surface area (Å²) in [6.07, 6.45) is 2.13. The third-order valence-corrected chi connectivity index (χ3v) is 4.53. The van der Waals surface area contributed by atoms with Gasteiger partial charge in [0, 0.05) is 17.9 Å². The van der Waals surface area contributed by atoms with Crippen LogP contribution in [0.5, 0.6) is 11.5 Å². The summed E-state index contributed by atoms with van der Waals surface area (Å²) in [5, 5.41) is 9.69. The fourth-order valence-electron chi connectivity index (χ4n) is 3.20. The van der Waals surface area contributed by atoms with Crippen LogP contribution in [0.3, 0.4) is 0 Å². The van der Waals surface area contributed by atoms with Crippen LogP contribution in [0.1, 0.15) is 29.0 Å². The minimum absolute atomic E-state index is 0.0330. The van der Waals surface area contributed by atoms with Crippen LogP contribution in [0, 0.1) is 0 Å². The van der Waals surface area contributed by atoms with Gasteiger partial charge in [-0.2, -0.15) is 5.10 Å². The molecule has 1 atom stereocenters. The first-order chi connectivity index (χ1) is 12.7. The van der Waals surface area contributed by atoms with E-state index in [9.17, 15) is 4.79 Å². The van der Waals surface area contributed by atoms with E-state index in [4.69, 9.17) is 9.47 Å². The standard InChI is InChI=1S/C20H19N3O3/c1-25-17-8-7-14(9-18(17)26-12-13-5-3-2-4-6-13)15-10-19(24)22-20-16(15)11-21-23-20/h2-9,11,15H,10,12H2,1H3,(H2,21,22,23,24)/t15-/m1/s1. The van der Waals surface area contributed by atoms with Crippen LogP contribution in [0.25, 0.3) is 0 Å². The van der Waals surface area contributed by atoms with E-state index in [1.54, 1.807) is 13.3 Å². The molecule has 0 spiro atoms. The Bertz CT molecular complexity index is 921. The Labute approximate surface area is 151 Å². The lowest BCUT2D eigenvalue weighted by molar-refractivity contribution is -0.116. The van der Waals surface area contributed by atoms with E-state index >= 15 is 0 Å². The molecule has 2 aromatic carbocycles. The number of nitrogens with one attached hydrogen (secondary N) is 2. The molecule has 2 N–H and O–H groups in total. The topological polar surface area (TPSA) is 76.2 Å². The summed E-state index contributed by atoms with van der Waals surface area (Å²) in [5.41, 5.74) is 3.05. The highest BCUT2D eigenvalue weighted by Crippen LogP contribution is 2.39. The van der Waals surface area contributed by atoms with Gasteiger partial charge in [-0.05, 0) is 23.3 Å². The average molecular weight is 349 g/mol. The molecule has 0 bridgehead atoms. The minimum Gasteiger partial charge on any atom is -0.493 e. The number of anilines is 1. The van der Waals surface area contributed by atoms with Crippen molar-refractivity contribution in [2.75, 3.05) is 12.4 Å². The molecule has 0 aliphatic carbocycles. The van der Waals surface area contributed by atoms with Crippen molar-refractivity contribution in [1.82, 2.24) is 10.2 Å². The average Bonchev–Trinajstić information content (AvgIpc) is 3.14. The molecular formula is C20H19N3O3. The second-order valence-electron chi connectivity index (χ2n) is 6.19. The monoisotopic (exact) mass is 349 g/mol. The van der Waals surface area contributed by atoms with Gasteiger partial charge in [-0.25, -0.2) is 0 Å². The molecular weight excluding hydrogens is 330 g/mol. The Kier molecular flexibility index (Phi) is 4.31. The molecule has 0 saturated carbocycles. The number of methoxy groups -OCH3 is 1. The zero-order valence-corrected chi connectivity index (χ0v) is 14.4. The van der Waals surface area contributed by atoms with Crippen LogP contribution in [-0.2, 0) is 11.4 Å². The summed E-state index contributed by atoms with van der Waals surface area (Å²) in [6, 6.07) is 15.7. The molecule has 3 aromatic rings. The number of amides is 1. The number of aromatic nitrogens is 2. The van der Waals surface area contributed by atoms with Gasteiger partial charge in [-0.3, -0.25) is 9.89 Å². The van der Waals surface area contributed by atoms with Crippen LogP contribution >= 0.6 is 0 Å². The largest absolute Gasteiger partial charge is 0.493 e. The number of benzene rings is 2. The zero-order valence-electron chi connectivity index (χ0n) is 14.4. The zero-order chi connectivity index (χ0) is 17.9. The molecule has 6 nitrogen and oxygen atoms in total. The van der Waals surface area contributed by atoms with Crippen molar-refractivity contribution >= 4 is 11.7 Å². The maximum atomic E-state index is 12.0. The maximum absolute atomic E-state index is 12.0. The molecule has 1 aliphatic rings. The molecule has 1 aliphatic heterocycles. The Morgan fingerprint density at radius 3 is 2.81 bits per heavy atom. The van der Waals surface area contributed by atoms with E-state index in [1.807, 2.05) is 48.5 Å². The molecule has 26 heavy (non-hydrogen) atoms. The highest BCUT2D eigenvalue weighted by Gasteiger charge is 2.28. The van der Waals surface area contributed by atoms with Gasteiger partial charge in [0.1, 0.15) is 12.4 Å². The Morgan fingerprint density at radius 1 is 1.15 bits per heavy atom. The maximum Gasteiger partial charge on any atom is 0.226 e. The molecule has 4 rings (SSSR count). The first-order valence-corrected chi connectivity index (χ1v) is 8.42. The molecule has 0 radical (unpaired) electrons. The molecule has 132 valence electrons. The van der Waals surface area contributed by atoms with Crippen LogP contribution < -0.4 is 14.8 Å². The number of nitrogens with zero attached hydrogens (tertiary/aromatic N) is 1. The van der Waals surface area contributed by atoms with Crippen molar-refractivity contribution in [2.45, 2.75) is 18.9 Å². The van der Waals surface area contributed by atoms with Crippen molar-refractivity contribution in [3.8, 4) is 11.5 Å². The van der Waals surface area contributed by atoms with Crippen molar-refractivity contribution < 1.29 is 14.3 Å². The quantitative estimate of drug-likeness (QED) is 0.739. The number of fused-ring (bicyclic) bond motifs is 1. The lowest BCUT2D eigenvalue weighted by Gasteiger charge is -2.23. The van der Waals surface area contributed by atoms with E-state index in [0.29, 0.717) is 30.3 Å². The third kappa shape index (κ3) is 3.13. The normalized spacial score (nSPS) is 15.9. The lowest BCUT2D eigenvalue weighted by Crippen LogP contribution is -2.23. The van der Waals surface area contributed by atoms with E-state index in [0.717, 1.165) is 16.7 Å². The predicted octanol–water partition coefficient (Wildman–Crippen LogP) is 3.47. The van der Waals surface area contributed by atoms with Crippen molar-refractivity contribution in [1.29, 1.82) is 0 Å². The third-order valence-electron chi connectivity index (χ3n) is 4.53.